The first-order valence-corrected chi connectivity index (χ1v) is 4.74. The summed E-state index contributed by atoms with van der Waals surface area (Å²) in [5.74, 6) is -0.0921. The molecule has 4 heteroatoms. The number of rotatable bonds is 2. The molecule has 0 saturated heterocycles. The van der Waals surface area contributed by atoms with Crippen molar-refractivity contribution in [3.05, 3.63) is 23.3 Å². The molecule has 2 N–H and O–H groups in total. The molecule has 0 aliphatic rings. The number of nitrogens with one attached hydrogen (secondary N) is 1. The number of phenolic OH excluding ortho intramolecular Hbond substituents is 1. The third-order valence-electron chi connectivity index (χ3n) is 1.94. The number of benzene rings is 1. The topological polar surface area (TPSA) is 49.3 Å². The third kappa shape index (κ3) is 2.39. The van der Waals surface area contributed by atoms with Crippen LogP contribution in [0.25, 0.3) is 0 Å². The number of hydrogen-bond donors (Lipinski definition) is 2. The van der Waals surface area contributed by atoms with Crippen LogP contribution in [0.1, 0.15) is 11.1 Å². The third-order valence-corrected chi connectivity index (χ3v) is 2.18. The maximum Gasteiger partial charge on any atom is 0.239 e. The van der Waals surface area contributed by atoms with Gasteiger partial charge < -0.3 is 10.4 Å². The van der Waals surface area contributed by atoms with E-state index in [-0.39, 0.29) is 17.5 Å². The molecular formula is C10H12ClNO2. The van der Waals surface area contributed by atoms with Gasteiger partial charge in [-0.3, -0.25) is 4.79 Å². The number of halogens is 1. The van der Waals surface area contributed by atoms with Gasteiger partial charge in [-0.1, -0.05) is 0 Å². The Bertz CT molecular complexity index is 363. The first kappa shape index (κ1) is 10.9. The Kier molecular flexibility index (Phi) is 3.36. The highest BCUT2D eigenvalue weighted by Crippen LogP contribution is 2.24. The van der Waals surface area contributed by atoms with Crippen LogP contribution in [-0.2, 0) is 4.79 Å². The van der Waals surface area contributed by atoms with Gasteiger partial charge in [0.25, 0.3) is 0 Å². The molecule has 0 aromatic heterocycles. The van der Waals surface area contributed by atoms with E-state index in [0.29, 0.717) is 5.69 Å². The van der Waals surface area contributed by atoms with E-state index in [9.17, 15) is 9.90 Å². The van der Waals surface area contributed by atoms with E-state index in [1.54, 1.807) is 19.1 Å². The first-order valence-electron chi connectivity index (χ1n) is 4.20. The minimum absolute atomic E-state index is 0.0701. The average molecular weight is 214 g/mol. The molecule has 1 amide bonds. The van der Waals surface area contributed by atoms with Gasteiger partial charge in [0.2, 0.25) is 5.91 Å². The van der Waals surface area contributed by atoms with E-state index in [2.05, 4.69) is 5.32 Å². The fourth-order valence-corrected chi connectivity index (χ4v) is 1.19. The molecule has 76 valence electrons. The molecular weight excluding hydrogens is 202 g/mol. The molecule has 0 saturated carbocycles. The van der Waals surface area contributed by atoms with Gasteiger partial charge in [-0.15, -0.1) is 11.6 Å². The molecule has 1 aromatic carbocycles. The summed E-state index contributed by atoms with van der Waals surface area (Å²) in [7, 11) is 0. The highest BCUT2D eigenvalue weighted by Gasteiger charge is 2.06. The summed E-state index contributed by atoms with van der Waals surface area (Å²) in [6, 6.07) is 3.33. The number of phenols is 1. The van der Waals surface area contributed by atoms with Crippen LogP contribution in [0, 0.1) is 13.8 Å². The van der Waals surface area contributed by atoms with Crippen molar-refractivity contribution in [1.29, 1.82) is 0 Å². The summed E-state index contributed by atoms with van der Waals surface area (Å²) in [5, 5.41) is 12.0. The van der Waals surface area contributed by atoms with E-state index < -0.39 is 0 Å². The summed E-state index contributed by atoms with van der Waals surface area (Å²) in [6.45, 7) is 3.58. The van der Waals surface area contributed by atoms with E-state index in [1.165, 1.54) is 0 Å². The molecule has 0 bridgehead atoms. The van der Waals surface area contributed by atoms with E-state index >= 15 is 0 Å². The Morgan fingerprint density at radius 3 is 2.64 bits per heavy atom. The van der Waals surface area contributed by atoms with Crippen molar-refractivity contribution >= 4 is 23.2 Å². The van der Waals surface area contributed by atoms with Crippen molar-refractivity contribution < 1.29 is 9.90 Å². The molecule has 0 heterocycles. The highest BCUT2D eigenvalue weighted by atomic mass is 35.5. The number of hydrogen-bond acceptors (Lipinski definition) is 2. The van der Waals surface area contributed by atoms with E-state index in [0.717, 1.165) is 11.1 Å². The quantitative estimate of drug-likeness (QED) is 0.585. The smallest absolute Gasteiger partial charge is 0.239 e. The van der Waals surface area contributed by atoms with Crippen LogP contribution in [-0.4, -0.2) is 16.9 Å². The number of aromatic hydroxyl groups is 1. The van der Waals surface area contributed by atoms with Gasteiger partial charge in [-0.2, -0.15) is 0 Å². The molecule has 3 nitrogen and oxygen atoms in total. The molecule has 0 aliphatic carbocycles. The van der Waals surface area contributed by atoms with Gasteiger partial charge >= 0.3 is 0 Å². The molecule has 0 atom stereocenters. The van der Waals surface area contributed by atoms with Crippen molar-refractivity contribution in [2.75, 3.05) is 11.2 Å². The van der Waals surface area contributed by atoms with Crippen molar-refractivity contribution in [1.82, 2.24) is 0 Å². The molecule has 1 rings (SSSR count). The highest BCUT2D eigenvalue weighted by molar-refractivity contribution is 6.29. The van der Waals surface area contributed by atoms with Crippen LogP contribution in [0.2, 0.25) is 0 Å². The fourth-order valence-electron chi connectivity index (χ4n) is 1.12. The molecule has 1 aromatic rings. The number of alkyl halides is 1. The zero-order chi connectivity index (χ0) is 10.7. The molecule has 14 heavy (non-hydrogen) atoms. The maximum absolute atomic E-state index is 11.0. The molecule has 0 fully saturated rings. The monoisotopic (exact) mass is 213 g/mol. The van der Waals surface area contributed by atoms with Crippen LogP contribution in [0.5, 0.6) is 5.75 Å². The van der Waals surface area contributed by atoms with Gasteiger partial charge in [0.1, 0.15) is 11.6 Å². The van der Waals surface area contributed by atoms with Crippen molar-refractivity contribution in [3.63, 3.8) is 0 Å². The predicted molar refractivity (Wildman–Crippen MR) is 56.9 cm³/mol. The summed E-state index contributed by atoms with van der Waals surface area (Å²) in [6.07, 6.45) is 0. The number of carbonyl (C=O) groups is 1. The van der Waals surface area contributed by atoms with E-state index in [4.69, 9.17) is 11.6 Å². The minimum Gasteiger partial charge on any atom is -0.508 e. The van der Waals surface area contributed by atoms with Crippen LogP contribution < -0.4 is 5.32 Å². The Morgan fingerprint density at radius 2 is 2.07 bits per heavy atom. The average Bonchev–Trinajstić information content (AvgIpc) is 2.14. The second-order valence-electron chi connectivity index (χ2n) is 3.14. The van der Waals surface area contributed by atoms with Crippen molar-refractivity contribution in [2.45, 2.75) is 13.8 Å². The van der Waals surface area contributed by atoms with Crippen molar-refractivity contribution in [2.24, 2.45) is 0 Å². The minimum atomic E-state index is -0.250. The summed E-state index contributed by atoms with van der Waals surface area (Å²) in [5.41, 5.74) is 2.22. The Balaban J connectivity index is 2.98. The largest absolute Gasteiger partial charge is 0.508 e. The van der Waals surface area contributed by atoms with Gasteiger partial charge in [0, 0.05) is 5.69 Å². The summed E-state index contributed by atoms with van der Waals surface area (Å²) < 4.78 is 0. The van der Waals surface area contributed by atoms with Crippen LogP contribution in [0.15, 0.2) is 12.1 Å². The van der Waals surface area contributed by atoms with Crippen LogP contribution in [0.4, 0.5) is 5.69 Å². The molecule has 0 radical (unpaired) electrons. The van der Waals surface area contributed by atoms with Crippen LogP contribution >= 0.6 is 11.6 Å². The summed E-state index contributed by atoms with van der Waals surface area (Å²) >= 11 is 5.36. The second kappa shape index (κ2) is 4.33. The Morgan fingerprint density at radius 1 is 1.43 bits per heavy atom. The zero-order valence-electron chi connectivity index (χ0n) is 8.10. The molecule has 0 unspecified atom stereocenters. The fraction of sp³-hybridized carbons (Fsp3) is 0.300. The Hall–Kier alpha value is -1.22. The standard InChI is InChI=1S/C10H12ClNO2/c1-6-4-9(13)7(2)3-8(6)12-10(14)5-11/h3-4,13H,5H2,1-2H3,(H,12,14). The lowest BCUT2D eigenvalue weighted by Crippen LogP contribution is -2.13. The van der Waals surface area contributed by atoms with E-state index in [1.807, 2.05) is 6.92 Å². The first-order chi connectivity index (χ1) is 6.54. The summed E-state index contributed by atoms with van der Waals surface area (Å²) in [4.78, 5) is 11.0. The van der Waals surface area contributed by atoms with Crippen LogP contribution in [0.3, 0.4) is 0 Å². The van der Waals surface area contributed by atoms with Gasteiger partial charge in [-0.25, -0.2) is 0 Å². The SMILES string of the molecule is Cc1cc(NC(=O)CCl)c(C)cc1O. The van der Waals surface area contributed by atoms with Gasteiger partial charge in [0.05, 0.1) is 0 Å². The number of anilines is 1. The van der Waals surface area contributed by atoms with Gasteiger partial charge in [-0.05, 0) is 37.1 Å². The Labute approximate surface area is 87.7 Å². The van der Waals surface area contributed by atoms with Crippen molar-refractivity contribution in [3.8, 4) is 5.75 Å². The van der Waals surface area contributed by atoms with Gasteiger partial charge in [0.15, 0.2) is 0 Å². The lowest BCUT2D eigenvalue weighted by Gasteiger charge is -2.09. The normalized spacial score (nSPS) is 9.93. The maximum atomic E-state index is 11.0. The zero-order valence-corrected chi connectivity index (χ0v) is 8.85. The second-order valence-corrected chi connectivity index (χ2v) is 3.40. The number of amides is 1. The molecule has 0 spiro atoms. The lowest BCUT2D eigenvalue weighted by molar-refractivity contribution is -0.113. The lowest BCUT2D eigenvalue weighted by atomic mass is 10.1. The number of aryl methyl sites for hydroxylation is 2. The number of carbonyl (C=O) groups excluding carboxylic acids is 1. The molecule has 0 aliphatic heterocycles. The predicted octanol–water partition coefficient (Wildman–Crippen LogP) is 2.19.